The minimum absolute atomic E-state index is 0.137. The predicted molar refractivity (Wildman–Crippen MR) is 82.9 cm³/mol. The van der Waals surface area contributed by atoms with Crippen LogP contribution in [-0.2, 0) is 17.8 Å². The second-order valence-electron chi connectivity index (χ2n) is 6.34. The van der Waals surface area contributed by atoms with E-state index >= 15 is 0 Å². The zero-order chi connectivity index (χ0) is 14.4. The average Bonchev–Trinajstić information content (AvgIpc) is 2.82. The van der Waals surface area contributed by atoms with Crippen LogP contribution in [0.3, 0.4) is 0 Å². The van der Waals surface area contributed by atoms with Crippen LogP contribution in [0.1, 0.15) is 18.2 Å². The standard InChI is InChI=1S/C17H21N3O/c1-11(12-8-18-9-12)17(21)20-7-6-16-14(10-20)13-4-2-3-5-15(13)19-16/h2-5,11-12,18-19H,6-10H2,1H3. The van der Waals surface area contributed by atoms with E-state index in [1.54, 1.807) is 0 Å². The topological polar surface area (TPSA) is 48.1 Å². The van der Waals surface area contributed by atoms with Gasteiger partial charge in [0.1, 0.15) is 0 Å². The molecule has 21 heavy (non-hydrogen) atoms. The van der Waals surface area contributed by atoms with Gasteiger partial charge in [0.15, 0.2) is 0 Å². The number of nitrogens with zero attached hydrogens (tertiary/aromatic N) is 1. The molecule has 1 saturated heterocycles. The van der Waals surface area contributed by atoms with Gasteiger partial charge in [-0.15, -0.1) is 0 Å². The molecule has 0 spiro atoms. The molecule has 2 aliphatic heterocycles. The van der Waals surface area contributed by atoms with Crippen LogP contribution < -0.4 is 5.32 Å². The van der Waals surface area contributed by atoms with Gasteiger partial charge >= 0.3 is 0 Å². The molecule has 4 nitrogen and oxygen atoms in total. The Morgan fingerprint density at radius 3 is 2.90 bits per heavy atom. The number of hydrogen-bond acceptors (Lipinski definition) is 2. The number of aromatic amines is 1. The molecule has 0 radical (unpaired) electrons. The van der Waals surface area contributed by atoms with Crippen LogP contribution in [0.15, 0.2) is 24.3 Å². The fraction of sp³-hybridized carbons (Fsp3) is 0.471. The van der Waals surface area contributed by atoms with Crippen molar-refractivity contribution in [2.24, 2.45) is 11.8 Å². The maximum Gasteiger partial charge on any atom is 0.226 e. The Hall–Kier alpha value is -1.81. The van der Waals surface area contributed by atoms with Crippen LogP contribution in [0.25, 0.3) is 10.9 Å². The van der Waals surface area contributed by atoms with Gasteiger partial charge in [-0.25, -0.2) is 0 Å². The molecule has 2 aliphatic rings. The lowest BCUT2D eigenvalue weighted by molar-refractivity contribution is -0.138. The fourth-order valence-corrected chi connectivity index (χ4v) is 3.51. The molecule has 4 rings (SSSR count). The smallest absolute Gasteiger partial charge is 0.226 e. The van der Waals surface area contributed by atoms with Crippen LogP contribution in [0.5, 0.6) is 0 Å². The first-order valence-electron chi connectivity index (χ1n) is 7.82. The van der Waals surface area contributed by atoms with Crippen LogP contribution in [-0.4, -0.2) is 35.4 Å². The molecule has 1 aromatic heterocycles. The van der Waals surface area contributed by atoms with Crippen molar-refractivity contribution < 1.29 is 4.79 Å². The average molecular weight is 283 g/mol. The number of hydrogen-bond donors (Lipinski definition) is 2. The molecule has 3 heterocycles. The summed E-state index contributed by atoms with van der Waals surface area (Å²) < 4.78 is 0. The van der Waals surface area contributed by atoms with Crippen LogP contribution in [0, 0.1) is 11.8 Å². The lowest BCUT2D eigenvalue weighted by Gasteiger charge is -2.36. The Balaban J connectivity index is 1.59. The van der Waals surface area contributed by atoms with E-state index in [0.29, 0.717) is 11.8 Å². The number of aromatic nitrogens is 1. The normalized spacial score (nSPS) is 20.1. The first kappa shape index (κ1) is 12.9. The summed E-state index contributed by atoms with van der Waals surface area (Å²) in [5, 5.41) is 4.53. The van der Waals surface area contributed by atoms with Gasteiger partial charge in [-0.2, -0.15) is 0 Å². The van der Waals surface area contributed by atoms with Gasteiger partial charge in [-0.3, -0.25) is 4.79 Å². The number of fused-ring (bicyclic) bond motifs is 3. The van der Waals surface area contributed by atoms with Gasteiger partial charge in [0.2, 0.25) is 5.91 Å². The molecule has 0 saturated carbocycles. The van der Waals surface area contributed by atoms with E-state index < -0.39 is 0 Å². The van der Waals surface area contributed by atoms with E-state index in [0.717, 1.165) is 32.6 Å². The van der Waals surface area contributed by atoms with E-state index in [4.69, 9.17) is 0 Å². The zero-order valence-corrected chi connectivity index (χ0v) is 12.4. The Labute approximate surface area is 124 Å². The second-order valence-corrected chi connectivity index (χ2v) is 6.34. The largest absolute Gasteiger partial charge is 0.358 e. The molecule has 1 fully saturated rings. The molecule has 0 aliphatic carbocycles. The second kappa shape index (κ2) is 4.88. The molecule has 1 amide bonds. The lowest BCUT2D eigenvalue weighted by atomic mass is 9.87. The van der Waals surface area contributed by atoms with Gasteiger partial charge < -0.3 is 15.2 Å². The summed E-state index contributed by atoms with van der Waals surface area (Å²) in [7, 11) is 0. The molecule has 4 heteroatoms. The first-order valence-corrected chi connectivity index (χ1v) is 7.82. The predicted octanol–water partition coefficient (Wildman–Crippen LogP) is 1.91. The maximum absolute atomic E-state index is 12.7. The minimum Gasteiger partial charge on any atom is -0.358 e. The van der Waals surface area contributed by atoms with Gasteiger partial charge in [-0.1, -0.05) is 25.1 Å². The van der Waals surface area contributed by atoms with E-state index in [9.17, 15) is 4.79 Å². The van der Waals surface area contributed by atoms with Crippen molar-refractivity contribution in [3.05, 3.63) is 35.5 Å². The molecule has 110 valence electrons. The highest BCUT2D eigenvalue weighted by Gasteiger charge is 2.33. The monoisotopic (exact) mass is 283 g/mol. The summed E-state index contributed by atoms with van der Waals surface area (Å²) >= 11 is 0. The molecule has 2 N–H and O–H groups in total. The lowest BCUT2D eigenvalue weighted by Crippen LogP contribution is -2.51. The van der Waals surface area contributed by atoms with Crippen molar-refractivity contribution in [3.8, 4) is 0 Å². The third-order valence-electron chi connectivity index (χ3n) is 5.10. The van der Waals surface area contributed by atoms with Crippen LogP contribution in [0.2, 0.25) is 0 Å². The summed E-state index contributed by atoms with van der Waals surface area (Å²) in [6.45, 7) is 5.64. The summed E-state index contributed by atoms with van der Waals surface area (Å²) in [6, 6.07) is 8.39. The van der Waals surface area contributed by atoms with Crippen LogP contribution in [0.4, 0.5) is 0 Å². The van der Waals surface area contributed by atoms with Crippen molar-refractivity contribution in [1.29, 1.82) is 0 Å². The van der Waals surface area contributed by atoms with Crippen molar-refractivity contribution in [2.75, 3.05) is 19.6 Å². The van der Waals surface area contributed by atoms with Crippen molar-refractivity contribution in [3.63, 3.8) is 0 Å². The van der Waals surface area contributed by atoms with Crippen molar-refractivity contribution >= 4 is 16.8 Å². The molecule has 2 aromatic rings. The minimum atomic E-state index is 0.137. The molecular formula is C17H21N3O. The summed E-state index contributed by atoms with van der Waals surface area (Å²) in [6.07, 6.45) is 0.936. The molecule has 0 bridgehead atoms. The number of rotatable bonds is 2. The van der Waals surface area contributed by atoms with Gasteiger partial charge in [-0.05, 0) is 25.1 Å². The number of amides is 1. The number of benzene rings is 1. The molecule has 1 unspecified atom stereocenters. The Morgan fingerprint density at radius 2 is 2.14 bits per heavy atom. The number of nitrogens with one attached hydrogen (secondary N) is 2. The molecular weight excluding hydrogens is 262 g/mol. The van der Waals surface area contributed by atoms with E-state index in [2.05, 4.69) is 41.5 Å². The zero-order valence-electron chi connectivity index (χ0n) is 12.4. The Morgan fingerprint density at radius 1 is 1.33 bits per heavy atom. The van der Waals surface area contributed by atoms with E-state index in [1.165, 1.54) is 22.2 Å². The highest BCUT2D eigenvalue weighted by Crippen LogP contribution is 2.29. The first-order chi connectivity index (χ1) is 10.2. The fourth-order valence-electron chi connectivity index (χ4n) is 3.51. The summed E-state index contributed by atoms with van der Waals surface area (Å²) in [4.78, 5) is 18.2. The summed E-state index contributed by atoms with van der Waals surface area (Å²) in [5.41, 5.74) is 3.80. The van der Waals surface area contributed by atoms with Gasteiger partial charge in [0, 0.05) is 47.6 Å². The highest BCUT2D eigenvalue weighted by atomic mass is 16.2. The van der Waals surface area contributed by atoms with E-state index in [1.807, 2.05) is 4.90 Å². The van der Waals surface area contributed by atoms with Crippen molar-refractivity contribution in [2.45, 2.75) is 19.9 Å². The molecule has 1 atom stereocenters. The SMILES string of the molecule is CC(C(=O)N1CCc2[nH]c3ccccc3c2C1)C1CNC1. The Kier molecular flexibility index (Phi) is 3.00. The number of para-hydroxylation sites is 1. The van der Waals surface area contributed by atoms with Crippen molar-refractivity contribution in [1.82, 2.24) is 15.2 Å². The molecule has 1 aromatic carbocycles. The van der Waals surface area contributed by atoms with E-state index in [-0.39, 0.29) is 5.92 Å². The van der Waals surface area contributed by atoms with Crippen LogP contribution >= 0.6 is 0 Å². The number of carbonyl (C=O) groups is 1. The van der Waals surface area contributed by atoms with Gasteiger partial charge in [0.25, 0.3) is 0 Å². The van der Waals surface area contributed by atoms with Gasteiger partial charge in [0.05, 0.1) is 0 Å². The number of carbonyl (C=O) groups excluding carboxylic acids is 1. The maximum atomic E-state index is 12.7. The third-order valence-corrected chi connectivity index (χ3v) is 5.10. The summed E-state index contributed by atoms with van der Waals surface area (Å²) in [5.74, 6) is 0.970. The Bertz CT molecular complexity index is 686. The third kappa shape index (κ3) is 2.05. The highest BCUT2D eigenvalue weighted by molar-refractivity contribution is 5.86. The quantitative estimate of drug-likeness (QED) is 0.884. The number of H-pyrrole nitrogens is 1.